The maximum absolute atomic E-state index is 11.5. The van der Waals surface area contributed by atoms with Crippen LogP contribution in [0.3, 0.4) is 0 Å². The second kappa shape index (κ2) is 4.95. The molecule has 0 saturated carbocycles. The van der Waals surface area contributed by atoms with Gasteiger partial charge in [0.25, 0.3) is 5.91 Å². The van der Waals surface area contributed by atoms with E-state index in [2.05, 4.69) is 5.32 Å². The Hall–Kier alpha value is -1.10. The minimum atomic E-state index is -0.338. The van der Waals surface area contributed by atoms with Crippen LogP contribution < -0.4 is 5.32 Å². The van der Waals surface area contributed by atoms with Crippen LogP contribution in [0.5, 0.6) is 0 Å². The van der Waals surface area contributed by atoms with Crippen molar-refractivity contribution in [2.45, 2.75) is 25.0 Å². The number of hydrogen-bond acceptors (Lipinski definition) is 3. The van der Waals surface area contributed by atoms with Crippen molar-refractivity contribution in [3.05, 3.63) is 0 Å². The van der Waals surface area contributed by atoms with Gasteiger partial charge in [-0.3, -0.25) is 9.59 Å². The van der Waals surface area contributed by atoms with Gasteiger partial charge in [-0.15, -0.1) is 0 Å². The summed E-state index contributed by atoms with van der Waals surface area (Å²) < 4.78 is 5.35. The zero-order valence-electron chi connectivity index (χ0n) is 8.53. The van der Waals surface area contributed by atoms with Crippen LogP contribution in [-0.2, 0) is 14.3 Å². The molecule has 5 heteroatoms. The van der Waals surface area contributed by atoms with E-state index < -0.39 is 0 Å². The lowest BCUT2D eigenvalue weighted by molar-refractivity contribution is -0.144. The van der Waals surface area contributed by atoms with Crippen molar-refractivity contribution in [2.75, 3.05) is 20.7 Å². The van der Waals surface area contributed by atoms with Gasteiger partial charge in [0.2, 0.25) is 6.41 Å². The topological polar surface area (TPSA) is 58.6 Å². The van der Waals surface area contributed by atoms with Crippen molar-refractivity contribution < 1.29 is 14.3 Å². The van der Waals surface area contributed by atoms with E-state index in [1.54, 1.807) is 14.1 Å². The fraction of sp³-hybridized carbons (Fsp3) is 0.778. The molecule has 0 aliphatic carbocycles. The first-order valence-corrected chi connectivity index (χ1v) is 4.67. The fourth-order valence-electron chi connectivity index (χ4n) is 1.46. The van der Waals surface area contributed by atoms with Crippen molar-refractivity contribution in [1.82, 2.24) is 10.2 Å². The first-order chi connectivity index (χ1) is 6.65. The Bertz CT molecular complexity index is 210. The monoisotopic (exact) mass is 200 g/mol. The largest absolute Gasteiger partial charge is 0.366 e. The highest BCUT2D eigenvalue weighted by molar-refractivity contribution is 5.80. The number of carbonyl (C=O) groups is 2. The Balaban J connectivity index is 2.35. The second-order valence-corrected chi connectivity index (χ2v) is 3.61. The molecule has 5 nitrogen and oxygen atoms in total. The summed E-state index contributed by atoms with van der Waals surface area (Å²) in [6.45, 7) is 0.420. The molecule has 0 bridgehead atoms. The van der Waals surface area contributed by atoms with Gasteiger partial charge in [-0.25, -0.2) is 0 Å². The standard InChI is InChI=1S/C9H16N2O3/c1-11(2)9(13)8-4-3-7(5-14-8)10-6-12/h6-8H,3-5H2,1-2H3,(H,10,12)/t7-,8+/m1/s1. The van der Waals surface area contributed by atoms with E-state index in [-0.39, 0.29) is 18.1 Å². The number of hydrogen-bond donors (Lipinski definition) is 1. The maximum atomic E-state index is 11.5. The first-order valence-electron chi connectivity index (χ1n) is 4.67. The second-order valence-electron chi connectivity index (χ2n) is 3.61. The van der Waals surface area contributed by atoms with Crippen LogP contribution in [0.25, 0.3) is 0 Å². The smallest absolute Gasteiger partial charge is 0.251 e. The quantitative estimate of drug-likeness (QED) is 0.617. The number of ether oxygens (including phenoxy) is 1. The number of likely N-dealkylation sites (N-methyl/N-ethyl adjacent to an activating group) is 1. The van der Waals surface area contributed by atoms with Crippen molar-refractivity contribution in [2.24, 2.45) is 0 Å². The van der Waals surface area contributed by atoms with Crippen LogP contribution in [0.4, 0.5) is 0 Å². The molecule has 0 aromatic carbocycles. The van der Waals surface area contributed by atoms with Crippen LogP contribution in [-0.4, -0.2) is 50.1 Å². The molecule has 1 N–H and O–H groups in total. The van der Waals surface area contributed by atoms with E-state index >= 15 is 0 Å². The molecule has 1 aliphatic heterocycles. The molecular weight excluding hydrogens is 184 g/mol. The predicted molar refractivity (Wildman–Crippen MR) is 50.7 cm³/mol. The van der Waals surface area contributed by atoms with Crippen LogP contribution in [0.15, 0.2) is 0 Å². The fourth-order valence-corrected chi connectivity index (χ4v) is 1.46. The van der Waals surface area contributed by atoms with Crippen LogP contribution >= 0.6 is 0 Å². The van der Waals surface area contributed by atoms with E-state index in [0.29, 0.717) is 19.4 Å². The highest BCUT2D eigenvalue weighted by Crippen LogP contribution is 2.14. The molecule has 1 heterocycles. The van der Waals surface area contributed by atoms with Crippen LogP contribution in [0, 0.1) is 0 Å². The zero-order valence-corrected chi connectivity index (χ0v) is 8.53. The van der Waals surface area contributed by atoms with Gasteiger partial charge >= 0.3 is 0 Å². The molecule has 1 rings (SSSR count). The average molecular weight is 200 g/mol. The Morgan fingerprint density at radius 3 is 2.64 bits per heavy atom. The van der Waals surface area contributed by atoms with Crippen molar-refractivity contribution >= 4 is 12.3 Å². The number of carbonyl (C=O) groups excluding carboxylic acids is 2. The van der Waals surface area contributed by atoms with Crippen molar-refractivity contribution in [1.29, 1.82) is 0 Å². The molecular formula is C9H16N2O3. The molecule has 0 aromatic heterocycles. The van der Waals surface area contributed by atoms with Gasteiger partial charge in [-0.05, 0) is 12.8 Å². The van der Waals surface area contributed by atoms with E-state index in [1.807, 2.05) is 0 Å². The molecule has 0 radical (unpaired) electrons. The Morgan fingerprint density at radius 2 is 2.21 bits per heavy atom. The SMILES string of the molecule is CN(C)C(=O)[C@@H]1CC[C@@H](NC=O)CO1. The predicted octanol–water partition coefficient (Wildman–Crippen LogP) is -0.632. The lowest BCUT2D eigenvalue weighted by atomic mass is 10.0. The molecule has 1 fully saturated rings. The summed E-state index contributed by atoms with van der Waals surface area (Å²) in [5.41, 5.74) is 0. The minimum absolute atomic E-state index is 0.00504. The molecule has 2 atom stereocenters. The van der Waals surface area contributed by atoms with Crippen molar-refractivity contribution in [3.63, 3.8) is 0 Å². The average Bonchev–Trinajstić information content (AvgIpc) is 2.18. The number of rotatable bonds is 3. The zero-order chi connectivity index (χ0) is 10.6. The van der Waals surface area contributed by atoms with Gasteiger partial charge in [0.05, 0.1) is 12.6 Å². The Morgan fingerprint density at radius 1 is 1.50 bits per heavy atom. The number of nitrogens with one attached hydrogen (secondary N) is 1. The maximum Gasteiger partial charge on any atom is 0.251 e. The third-order valence-corrected chi connectivity index (χ3v) is 2.30. The highest BCUT2D eigenvalue weighted by atomic mass is 16.5. The Labute approximate surface area is 83.4 Å². The van der Waals surface area contributed by atoms with Gasteiger partial charge in [0.15, 0.2) is 0 Å². The molecule has 1 aliphatic rings. The summed E-state index contributed by atoms with van der Waals surface area (Å²) in [5.74, 6) is -0.00504. The molecule has 0 unspecified atom stereocenters. The molecule has 14 heavy (non-hydrogen) atoms. The van der Waals surface area contributed by atoms with E-state index in [4.69, 9.17) is 4.74 Å². The normalized spacial score (nSPS) is 26.7. The third-order valence-electron chi connectivity index (χ3n) is 2.30. The first kappa shape index (κ1) is 11.0. The molecule has 0 aromatic rings. The molecule has 2 amide bonds. The van der Waals surface area contributed by atoms with Gasteiger partial charge < -0.3 is 15.0 Å². The van der Waals surface area contributed by atoms with Crippen LogP contribution in [0.2, 0.25) is 0 Å². The van der Waals surface area contributed by atoms with E-state index in [0.717, 1.165) is 6.42 Å². The summed E-state index contributed by atoms with van der Waals surface area (Å²) in [7, 11) is 3.42. The van der Waals surface area contributed by atoms with Gasteiger partial charge in [-0.2, -0.15) is 0 Å². The van der Waals surface area contributed by atoms with Crippen LogP contribution in [0.1, 0.15) is 12.8 Å². The number of amides is 2. The summed E-state index contributed by atoms with van der Waals surface area (Å²) in [4.78, 5) is 23.2. The van der Waals surface area contributed by atoms with Gasteiger partial charge in [0, 0.05) is 14.1 Å². The lowest BCUT2D eigenvalue weighted by Crippen LogP contribution is -2.44. The number of nitrogens with zero attached hydrogens (tertiary/aromatic N) is 1. The Kier molecular flexibility index (Phi) is 3.88. The molecule has 0 spiro atoms. The molecule has 80 valence electrons. The lowest BCUT2D eigenvalue weighted by Gasteiger charge is -2.29. The summed E-state index contributed by atoms with van der Waals surface area (Å²) in [6.07, 6.45) is 1.79. The van der Waals surface area contributed by atoms with E-state index in [1.165, 1.54) is 4.90 Å². The summed E-state index contributed by atoms with van der Waals surface area (Å²) >= 11 is 0. The van der Waals surface area contributed by atoms with Gasteiger partial charge in [-0.1, -0.05) is 0 Å². The van der Waals surface area contributed by atoms with Gasteiger partial charge in [0.1, 0.15) is 6.10 Å². The highest BCUT2D eigenvalue weighted by Gasteiger charge is 2.27. The molecule has 1 saturated heterocycles. The summed E-state index contributed by atoms with van der Waals surface area (Å²) in [6, 6.07) is 0.0544. The third kappa shape index (κ3) is 2.70. The minimum Gasteiger partial charge on any atom is -0.366 e. The van der Waals surface area contributed by atoms with Crippen molar-refractivity contribution in [3.8, 4) is 0 Å². The van der Waals surface area contributed by atoms with E-state index in [9.17, 15) is 9.59 Å². The summed E-state index contributed by atoms with van der Waals surface area (Å²) in [5, 5.41) is 2.64.